The van der Waals surface area contributed by atoms with E-state index in [-0.39, 0.29) is 12.1 Å². The minimum atomic E-state index is -0.0958. The molecular formula is C19H26N4O3. The minimum Gasteiger partial charge on any atom is -0.493 e. The molecule has 2 amide bonds. The number of rotatable bonds is 5. The fourth-order valence-electron chi connectivity index (χ4n) is 3.44. The maximum Gasteiger partial charge on any atom is 0.317 e. The molecule has 140 valence electrons. The number of carbonyl (C=O) groups is 1. The summed E-state index contributed by atoms with van der Waals surface area (Å²) < 4.78 is 12.5. The molecule has 1 aromatic carbocycles. The van der Waals surface area contributed by atoms with Crippen LogP contribution in [0, 0.1) is 0 Å². The van der Waals surface area contributed by atoms with Crippen LogP contribution >= 0.6 is 0 Å². The van der Waals surface area contributed by atoms with Crippen molar-refractivity contribution in [1.29, 1.82) is 0 Å². The van der Waals surface area contributed by atoms with Crippen molar-refractivity contribution in [2.75, 3.05) is 21.3 Å². The van der Waals surface area contributed by atoms with Crippen LogP contribution in [0.1, 0.15) is 35.7 Å². The van der Waals surface area contributed by atoms with Crippen LogP contribution in [0.5, 0.6) is 11.5 Å². The molecule has 0 saturated heterocycles. The highest BCUT2D eigenvalue weighted by Gasteiger charge is 2.25. The highest BCUT2D eigenvalue weighted by molar-refractivity contribution is 5.74. The first-order valence-electron chi connectivity index (χ1n) is 8.76. The molecule has 1 aliphatic carbocycles. The van der Waals surface area contributed by atoms with E-state index >= 15 is 0 Å². The summed E-state index contributed by atoms with van der Waals surface area (Å²) in [6.07, 6.45) is 4.87. The van der Waals surface area contributed by atoms with Crippen LogP contribution in [0.4, 0.5) is 4.79 Å². The molecule has 7 heteroatoms. The molecule has 7 nitrogen and oxygen atoms in total. The first kappa shape index (κ1) is 18.1. The second kappa shape index (κ2) is 7.68. The number of benzene rings is 1. The largest absolute Gasteiger partial charge is 0.493 e. The number of hydrogen-bond donors (Lipinski definition) is 1. The van der Waals surface area contributed by atoms with Crippen molar-refractivity contribution in [3.63, 3.8) is 0 Å². The van der Waals surface area contributed by atoms with Crippen LogP contribution < -0.4 is 14.8 Å². The number of carbonyl (C=O) groups excluding carboxylic acids is 1. The summed E-state index contributed by atoms with van der Waals surface area (Å²) in [6, 6.07) is 5.60. The molecule has 3 rings (SSSR count). The van der Waals surface area contributed by atoms with Gasteiger partial charge >= 0.3 is 6.03 Å². The summed E-state index contributed by atoms with van der Waals surface area (Å²) in [6.45, 7) is 0.485. The second-order valence-electron chi connectivity index (χ2n) is 6.61. The minimum absolute atomic E-state index is 0.0211. The first-order chi connectivity index (χ1) is 12.5. The Morgan fingerprint density at radius 1 is 1.35 bits per heavy atom. The normalized spacial score (nSPS) is 15.9. The number of nitrogens with one attached hydrogen (secondary N) is 1. The summed E-state index contributed by atoms with van der Waals surface area (Å²) >= 11 is 0. The summed E-state index contributed by atoms with van der Waals surface area (Å²) in [5.41, 5.74) is 3.32. The molecule has 0 aliphatic heterocycles. The molecule has 1 aromatic heterocycles. The summed E-state index contributed by atoms with van der Waals surface area (Å²) in [4.78, 5) is 14.3. The number of hydrogen-bond acceptors (Lipinski definition) is 4. The van der Waals surface area contributed by atoms with Gasteiger partial charge in [0.15, 0.2) is 11.5 Å². The highest BCUT2D eigenvalue weighted by Crippen LogP contribution is 2.30. The van der Waals surface area contributed by atoms with Crippen molar-refractivity contribution in [2.24, 2.45) is 7.05 Å². The summed E-state index contributed by atoms with van der Waals surface area (Å²) in [7, 11) is 6.95. The van der Waals surface area contributed by atoms with Crippen molar-refractivity contribution in [1.82, 2.24) is 20.0 Å². The molecule has 0 bridgehead atoms. The smallest absolute Gasteiger partial charge is 0.317 e. The fourth-order valence-corrected chi connectivity index (χ4v) is 3.44. The third-order valence-electron chi connectivity index (χ3n) is 4.89. The number of ether oxygens (including phenoxy) is 2. The molecule has 2 aromatic rings. The van der Waals surface area contributed by atoms with Gasteiger partial charge in [-0.05, 0) is 37.0 Å². The molecule has 0 fully saturated rings. The Hall–Kier alpha value is -2.70. The van der Waals surface area contributed by atoms with Crippen LogP contribution in [0.3, 0.4) is 0 Å². The Morgan fingerprint density at radius 2 is 2.12 bits per heavy atom. The Kier molecular flexibility index (Phi) is 5.35. The number of aromatic nitrogens is 2. The van der Waals surface area contributed by atoms with E-state index in [2.05, 4.69) is 10.4 Å². The second-order valence-corrected chi connectivity index (χ2v) is 6.61. The molecule has 0 radical (unpaired) electrons. The number of methoxy groups -OCH3 is 2. The van der Waals surface area contributed by atoms with E-state index < -0.39 is 0 Å². The zero-order valence-corrected chi connectivity index (χ0v) is 15.8. The van der Waals surface area contributed by atoms with E-state index in [0.717, 1.165) is 30.4 Å². The predicted octanol–water partition coefficient (Wildman–Crippen LogP) is 2.66. The standard InChI is InChI=1S/C19H26N4O3/c1-22(12-13-8-9-17(25-3)18(10-13)26-4)19(24)21-15-6-5-7-16-14(15)11-20-23(16)2/h8-11,15H,5-7,12H2,1-4H3,(H,21,24). The summed E-state index contributed by atoms with van der Waals surface area (Å²) in [5, 5.41) is 7.47. The lowest BCUT2D eigenvalue weighted by Gasteiger charge is -2.27. The van der Waals surface area contributed by atoms with Gasteiger partial charge in [0.1, 0.15) is 0 Å². The fraction of sp³-hybridized carbons (Fsp3) is 0.474. The monoisotopic (exact) mass is 358 g/mol. The third-order valence-corrected chi connectivity index (χ3v) is 4.89. The molecule has 1 aliphatic rings. The molecule has 1 atom stereocenters. The number of nitrogens with zero attached hydrogens (tertiary/aromatic N) is 3. The Balaban J connectivity index is 1.66. The topological polar surface area (TPSA) is 68.6 Å². The van der Waals surface area contributed by atoms with Gasteiger partial charge in [-0.1, -0.05) is 6.07 Å². The van der Waals surface area contributed by atoms with Crippen molar-refractivity contribution in [2.45, 2.75) is 31.8 Å². The van der Waals surface area contributed by atoms with Gasteiger partial charge in [-0.25, -0.2) is 4.79 Å². The van der Waals surface area contributed by atoms with Gasteiger partial charge in [-0.3, -0.25) is 4.68 Å². The lowest BCUT2D eigenvalue weighted by molar-refractivity contribution is 0.201. The number of fused-ring (bicyclic) bond motifs is 1. The molecule has 1 N–H and O–H groups in total. The molecule has 1 unspecified atom stereocenters. The average molecular weight is 358 g/mol. The number of aryl methyl sites for hydroxylation is 1. The average Bonchev–Trinajstić information content (AvgIpc) is 3.03. The molecule has 26 heavy (non-hydrogen) atoms. The number of urea groups is 1. The lowest BCUT2D eigenvalue weighted by atomic mass is 9.93. The quantitative estimate of drug-likeness (QED) is 0.892. The molecule has 1 heterocycles. The van der Waals surface area contributed by atoms with E-state index in [1.165, 1.54) is 5.69 Å². The third kappa shape index (κ3) is 3.61. The van der Waals surface area contributed by atoms with Gasteiger partial charge in [0.05, 0.1) is 26.5 Å². The molecule has 0 spiro atoms. The van der Waals surface area contributed by atoms with E-state index in [1.54, 1.807) is 26.2 Å². The van der Waals surface area contributed by atoms with Crippen LogP contribution in [-0.2, 0) is 20.0 Å². The first-order valence-corrected chi connectivity index (χ1v) is 8.76. The Morgan fingerprint density at radius 3 is 2.85 bits per heavy atom. The van der Waals surface area contributed by atoms with Gasteiger partial charge in [-0.15, -0.1) is 0 Å². The van der Waals surface area contributed by atoms with Crippen LogP contribution in [0.15, 0.2) is 24.4 Å². The maximum absolute atomic E-state index is 12.6. The van der Waals surface area contributed by atoms with Gasteiger partial charge in [0.2, 0.25) is 0 Å². The maximum atomic E-state index is 12.6. The van der Waals surface area contributed by atoms with Gasteiger partial charge in [-0.2, -0.15) is 5.10 Å². The van der Waals surface area contributed by atoms with Gasteiger partial charge in [0.25, 0.3) is 0 Å². The summed E-state index contributed by atoms with van der Waals surface area (Å²) in [5.74, 6) is 1.33. The van der Waals surface area contributed by atoms with E-state index in [1.807, 2.05) is 36.1 Å². The van der Waals surface area contributed by atoms with Crippen LogP contribution in [-0.4, -0.2) is 42.0 Å². The molecule has 0 saturated carbocycles. The van der Waals surface area contributed by atoms with Crippen molar-refractivity contribution >= 4 is 6.03 Å². The van der Waals surface area contributed by atoms with Gasteiger partial charge in [0, 0.05) is 31.9 Å². The highest BCUT2D eigenvalue weighted by atomic mass is 16.5. The van der Waals surface area contributed by atoms with E-state index in [0.29, 0.717) is 18.0 Å². The van der Waals surface area contributed by atoms with Gasteiger partial charge < -0.3 is 19.7 Å². The van der Waals surface area contributed by atoms with Crippen LogP contribution in [0.2, 0.25) is 0 Å². The van der Waals surface area contributed by atoms with E-state index in [9.17, 15) is 4.79 Å². The molecular weight excluding hydrogens is 332 g/mol. The van der Waals surface area contributed by atoms with Crippen LogP contribution in [0.25, 0.3) is 0 Å². The lowest BCUT2D eigenvalue weighted by Crippen LogP contribution is -2.40. The predicted molar refractivity (Wildman–Crippen MR) is 98.4 cm³/mol. The zero-order chi connectivity index (χ0) is 18.7. The Labute approximate surface area is 153 Å². The van der Waals surface area contributed by atoms with Crippen molar-refractivity contribution in [3.8, 4) is 11.5 Å². The number of amides is 2. The SMILES string of the molecule is COc1ccc(CN(C)C(=O)NC2CCCc3c2cnn3C)cc1OC. The zero-order valence-electron chi connectivity index (χ0n) is 15.8. The van der Waals surface area contributed by atoms with E-state index in [4.69, 9.17) is 9.47 Å². The van der Waals surface area contributed by atoms with Crippen molar-refractivity contribution in [3.05, 3.63) is 41.2 Å². The Bertz CT molecular complexity index is 787. The van der Waals surface area contributed by atoms with Crippen molar-refractivity contribution < 1.29 is 14.3 Å².